The Labute approximate surface area is 94.4 Å². The van der Waals surface area contributed by atoms with Crippen LogP contribution in [0.25, 0.3) is 0 Å². The Morgan fingerprint density at radius 1 is 1.38 bits per heavy atom. The van der Waals surface area contributed by atoms with Gasteiger partial charge in [0.05, 0.1) is 11.5 Å². The molecule has 1 aliphatic rings. The molecular formula is C9H14N4O2S. The zero-order valence-corrected chi connectivity index (χ0v) is 9.79. The molecule has 1 aliphatic heterocycles. The molecule has 16 heavy (non-hydrogen) atoms. The van der Waals surface area contributed by atoms with Crippen LogP contribution in [0, 0.1) is 0 Å². The van der Waals surface area contributed by atoms with E-state index in [1.165, 1.54) is 6.33 Å². The van der Waals surface area contributed by atoms with E-state index in [1.54, 1.807) is 13.1 Å². The first kappa shape index (κ1) is 11.1. The van der Waals surface area contributed by atoms with Crippen LogP contribution in [0.4, 0.5) is 11.6 Å². The fourth-order valence-electron chi connectivity index (χ4n) is 1.69. The second-order valence-electron chi connectivity index (χ2n) is 3.78. The highest BCUT2D eigenvalue weighted by atomic mass is 32.2. The van der Waals surface area contributed by atoms with Crippen molar-refractivity contribution >= 4 is 21.5 Å². The van der Waals surface area contributed by atoms with Crippen molar-refractivity contribution < 1.29 is 8.42 Å². The van der Waals surface area contributed by atoms with E-state index in [0.717, 1.165) is 0 Å². The maximum atomic E-state index is 11.3. The van der Waals surface area contributed by atoms with Crippen molar-refractivity contribution in [3.8, 4) is 0 Å². The van der Waals surface area contributed by atoms with Crippen molar-refractivity contribution in [2.45, 2.75) is 12.5 Å². The van der Waals surface area contributed by atoms with Gasteiger partial charge in [-0.25, -0.2) is 18.4 Å². The average Bonchev–Trinajstić information content (AvgIpc) is 2.58. The molecule has 2 heterocycles. The van der Waals surface area contributed by atoms with Gasteiger partial charge in [0.15, 0.2) is 9.84 Å². The molecule has 7 heteroatoms. The van der Waals surface area contributed by atoms with Gasteiger partial charge in [0.1, 0.15) is 18.0 Å². The fourth-order valence-corrected chi connectivity index (χ4v) is 3.36. The number of nitrogens with one attached hydrogen (secondary N) is 2. The summed E-state index contributed by atoms with van der Waals surface area (Å²) in [4.78, 5) is 8.02. The molecule has 1 aromatic rings. The third-order valence-corrected chi connectivity index (χ3v) is 4.28. The minimum absolute atomic E-state index is 0.0374. The molecule has 1 saturated heterocycles. The predicted molar refractivity (Wildman–Crippen MR) is 62.3 cm³/mol. The van der Waals surface area contributed by atoms with Crippen LogP contribution in [-0.2, 0) is 9.84 Å². The molecule has 2 N–H and O–H groups in total. The standard InChI is InChI=1S/C9H14N4O2S/c1-10-8-4-9(12-6-11-8)13-7-2-3-16(14,15)5-7/h4,6-7H,2-3,5H2,1H3,(H2,10,11,12,13). The number of nitrogens with zero attached hydrogens (tertiary/aromatic N) is 2. The lowest BCUT2D eigenvalue weighted by molar-refractivity contribution is 0.602. The minimum atomic E-state index is -2.85. The van der Waals surface area contributed by atoms with E-state index in [0.29, 0.717) is 18.1 Å². The van der Waals surface area contributed by atoms with E-state index in [2.05, 4.69) is 20.6 Å². The lowest BCUT2D eigenvalue weighted by Gasteiger charge is -2.11. The van der Waals surface area contributed by atoms with Crippen molar-refractivity contribution in [2.75, 3.05) is 29.2 Å². The molecule has 0 bridgehead atoms. The molecule has 88 valence electrons. The summed E-state index contributed by atoms with van der Waals surface area (Å²) in [5.74, 6) is 1.81. The second kappa shape index (κ2) is 4.25. The molecule has 0 amide bonds. The van der Waals surface area contributed by atoms with Gasteiger partial charge in [-0.3, -0.25) is 0 Å². The van der Waals surface area contributed by atoms with E-state index in [-0.39, 0.29) is 17.5 Å². The molecule has 2 rings (SSSR count). The first-order chi connectivity index (χ1) is 7.59. The number of rotatable bonds is 3. The first-order valence-corrected chi connectivity index (χ1v) is 6.88. The van der Waals surface area contributed by atoms with Crippen LogP contribution >= 0.6 is 0 Å². The Morgan fingerprint density at radius 3 is 2.75 bits per heavy atom. The third-order valence-electron chi connectivity index (χ3n) is 2.51. The summed E-state index contributed by atoms with van der Waals surface area (Å²) >= 11 is 0. The van der Waals surface area contributed by atoms with Crippen molar-refractivity contribution in [2.24, 2.45) is 0 Å². The van der Waals surface area contributed by atoms with E-state index in [4.69, 9.17) is 0 Å². The summed E-state index contributed by atoms with van der Waals surface area (Å²) in [5, 5.41) is 6.00. The summed E-state index contributed by atoms with van der Waals surface area (Å²) in [5.41, 5.74) is 0. The lowest BCUT2D eigenvalue weighted by atomic mass is 10.2. The molecule has 0 saturated carbocycles. The van der Waals surface area contributed by atoms with Gasteiger partial charge in [-0.15, -0.1) is 0 Å². The van der Waals surface area contributed by atoms with E-state index < -0.39 is 9.84 Å². The largest absolute Gasteiger partial charge is 0.373 e. The minimum Gasteiger partial charge on any atom is -0.373 e. The van der Waals surface area contributed by atoms with Crippen LogP contribution < -0.4 is 10.6 Å². The Morgan fingerprint density at radius 2 is 2.12 bits per heavy atom. The Balaban J connectivity index is 2.04. The number of aromatic nitrogens is 2. The number of sulfone groups is 1. The van der Waals surface area contributed by atoms with Crippen LogP contribution in [0.2, 0.25) is 0 Å². The highest BCUT2D eigenvalue weighted by Crippen LogP contribution is 2.16. The van der Waals surface area contributed by atoms with Gasteiger partial charge >= 0.3 is 0 Å². The van der Waals surface area contributed by atoms with E-state index in [9.17, 15) is 8.42 Å². The number of hydrogen-bond donors (Lipinski definition) is 2. The normalized spacial score (nSPS) is 22.9. The van der Waals surface area contributed by atoms with Gasteiger partial charge in [0.25, 0.3) is 0 Å². The first-order valence-electron chi connectivity index (χ1n) is 5.06. The highest BCUT2D eigenvalue weighted by Gasteiger charge is 2.27. The summed E-state index contributed by atoms with van der Waals surface area (Å²) in [7, 11) is -1.08. The summed E-state index contributed by atoms with van der Waals surface area (Å²) < 4.78 is 22.5. The van der Waals surface area contributed by atoms with Crippen LogP contribution in [0.3, 0.4) is 0 Å². The average molecular weight is 242 g/mol. The van der Waals surface area contributed by atoms with Gasteiger partial charge < -0.3 is 10.6 Å². The second-order valence-corrected chi connectivity index (χ2v) is 6.01. The van der Waals surface area contributed by atoms with Crippen molar-refractivity contribution in [1.29, 1.82) is 0 Å². The smallest absolute Gasteiger partial charge is 0.152 e. The van der Waals surface area contributed by atoms with Gasteiger partial charge in [-0.2, -0.15) is 0 Å². The molecule has 6 nitrogen and oxygen atoms in total. The predicted octanol–water partition coefficient (Wildman–Crippen LogP) is 0.117. The molecular weight excluding hydrogens is 228 g/mol. The molecule has 0 aromatic carbocycles. The van der Waals surface area contributed by atoms with Crippen molar-refractivity contribution in [3.05, 3.63) is 12.4 Å². The summed E-state index contributed by atoms with van der Waals surface area (Å²) in [6.07, 6.45) is 2.08. The molecule has 0 radical (unpaired) electrons. The van der Waals surface area contributed by atoms with Crippen LogP contribution in [-0.4, -0.2) is 43.0 Å². The Hall–Kier alpha value is -1.37. The van der Waals surface area contributed by atoms with Gasteiger partial charge in [-0.05, 0) is 6.42 Å². The maximum absolute atomic E-state index is 11.3. The molecule has 1 unspecified atom stereocenters. The monoisotopic (exact) mass is 242 g/mol. The molecule has 1 atom stereocenters. The zero-order chi connectivity index (χ0) is 11.6. The zero-order valence-electron chi connectivity index (χ0n) is 8.97. The van der Waals surface area contributed by atoms with Crippen LogP contribution in [0.1, 0.15) is 6.42 Å². The highest BCUT2D eigenvalue weighted by molar-refractivity contribution is 7.91. The summed E-state index contributed by atoms with van der Waals surface area (Å²) in [6, 6.07) is 1.72. The van der Waals surface area contributed by atoms with Gasteiger partial charge in [-0.1, -0.05) is 0 Å². The Bertz CT molecular complexity index is 474. The Kier molecular flexibility index (Phi) is 2.95. The number of hydrogen-bond acceptors (Lipinski definition) is 6. The third kappa shape index (κ3) is 2.60. The van der Waals surface area contributed by atoms with Gasteiger partial charge in [0.2, 0.25) is 0 Å². The lowest BCUT2D eigenvalue weighted by Crippen LogP contribution is -2.21. The molecule has 1 aromatic heterocycles. The molecule has 1 fully saturated rings. The summed E-state index contributed by atoms with van der Waals surface area (Å²) in [6.45, 7) is 0. The maximum Gasteiger partial charge on any atom is 0.152 e. The SMILES string of the molecule is CNc1cc(NC2CCS(=O)(=O)C2)ncn1. The van der Waals surface area contributed by atoms with Crippen LogP contribution in [0.15, 0.2) is 12.4 Å². The van der Waals surface area contributed by atoms with Crippen LogP contribution in [0.5, 0.6) is 0 Å². The van der Waals surface area contributed by atoms with Gasteiger partial charge in [0, 0.05) is 19.2 Å². The molecule has 0 aliphatic carbocycles. The quantitative estimate of drug-likeness (QED) is 0.783. The van der Waals surface area contributed by atoms with Crippen molar-refractivity contribution in [3.63, 3.8) is 0 Å². The van der Waals surface area contributed by atoms with E-state index in [1.807, 2.05) is 0 Å². The van der Waals surface area contributed by atoms with Crippen molar-refractivity contribution in [1.82, 2.24) is 9.97 Å². The molecule has 0 spiro atoms. The van der Waals surface area contributed by atoms with E-state index >= 15 is 0 Å². The topological polar surface area (TPSA) is 84.0 Å². The number of anilines is 2. The fraction of sp³-hybridized carbons (Fsp3) is 0.556.